The number of ether oxygens (including phenoxy) is 1. The molecule has 2 aromatic heterocycles. The van der Waals surface area contributed by atoms with E-state index in [4.69, 9.17) is 9.84 Å². The molecule has 112 valence electrons. The minimum absolute atomic E-state index is 0.223. The number of amides is 1. The molecule has 1 aliphatic heterocycles. The molecule has 1 saturated heterocycles. The summed E-state index contributed by atoms with van der Waals surface area (Å²) in [5, 5.41) is 31.3. The van der Waals surface area contributed by atoms with Gasteiger partial charge in [0.1, 0.15) is 24.6 Å². The molecule has 4 N–H and O–H groups in total. The van der Waals surface area contributed by atoms with E-state index in [0.29, 0.717) is 17.6 Å². The summed E-state index contributed by atoms with van der Waals surface area (Å²) in [6.07, 6.45) is -1.24. The van der Waals surface area contributed by atoms with E-state index in [1.165, 1.54) is 17.2 Å². The van der Waals surface area contributed by atoms with E-state index >= 15 is 0 Å². The third-order valence-electron chi connectivity index (χ3n) is 3.35. The standard InChI is InChI=1S/C11H13N5O5/c17-1-5-7(19)8(20)11(21-5)16-3-14-6-9(15-4-18)12-2-13-10(6)16/h2-5,7-8,11,17,19-20H,1H2,(H,12,13,15,18)/t5-,7-,8-,11?/m1/s1. The Labute approximate surface area is 118 Å². The Kier molecular flexibility index (Phi) is 3.51. The molecule has 21 heavy (non-hydrogen) atoms. The summed E-state index contributed by atoms with van der Waals surface area (Å²) in [5.41, 5.74) is 0.645. The Hall–Kier alpha value is -2.14. The predicted octanol–water partition coefficient (Wildman–Crippen LogP) is -1.99. The quantitative estimate of drug-likeness (QED) is 0.475. The highest BCUT2D eigenvalue weighted by molar-refractivity contribution is 5.88. The van der Waals surface area contributed by atoms with Gasteiger partial charge in [0, 0.05) is 0 Å². The van der Waals surface area contributed by atoms with Crippen molar-refractivity contribution in [1.29, 1.82) is 0 Å². The van der Waals surface area contributed by atoms with Crippen LogP contribution in [0.4, 0.5) is 5.82 Å². The van der Waals surface area contributed by atoms with Crippen LogP contribution in [0.25, 0.3) is 11.2 Å². The van der Waals surface area contributed by atoms with Gasteiger partial charge in [-0.3, -0.25) is 9.36 Å². The monoisotopic (exact) mass is 295 g/mol. The number of nitrogens with one attached hydrogen (secondary N) is 1. The van der Waals surface area contributed by atoms with Crippen LogP contribution in [0.2, 0.25) is 0 Å². The average molecular weight is 295 g/mol. The molecule has 1 unspecified atom stereocenters. The first-order valence-corrected chi connectivity index (χ1v) is 6.17. The van der Waals surface area contributed by atoms with Crippen molar-refractivity contribution in [3.63, 3.8) is 0 Å². The number of imidazole rings is 1. The summed E-state index contributed by atoms with van der Waals surface area (Å²) in [6, 6.07) is 0. The summed E-state index contributed by atoms with van der Waals surface area (Å²) >= 11 is 0. The number of carbonyl (C=O) groups is 1. The van der Waals surface area contributed by atoms with Crippen LogP contribution in [0, 0.1) is 0 Å². The normalized spacial score (nSPS) is 28.9. The summed E-state index contributed by atoms with van der Waals surface area (Å²) in [5.74, 6) is 0.223. The maximum Gasteiger partial charge on any atom is 0.212 e. The topological polar surface area (TPSA) is 143 Å². The number of aliphatic hydroxyl groups excluding tert-OH is 3. The molecule has 1 fully saturated rings. The summed E-state index contributed by atoms with van der Waals surface area (Å²) in [6.45, 7) is -0.422. The average Bonchev–Trinajstić information content (AvgIpc) is 3.03. The van der Waals surface area contributed by atoms with E-state index in [0.717, 1.165) is 0 Å². The van der Waals surface area contributed by atoms with Crippen molar-refractivity contribution in [2.75, 3.05) is 11.9 Å². The van der Waals surface area contributed by atoms with Gasteiger partial charge in [-0.2, -0.15) is 0 Å². The van der Waals surface area contributed by atoms with Crippen molar-refractivity contribution in [3.8, 4) is 0 Å². The molecule has 0 aliphatic carbocycles. The number of nitrogens with zero attached hydrogens (tertiary/aromatic N) is 4. The Morgan fingerprint density at radius 2 is 2.14 bits per heavy atom. The number of rotatable bonds is 4. The van der Waals surface area contributed by atoms with Crippen molar-refractivity contribution in [2.24, 2.45) is 0 Å². The zero-order valence-corrected chi connectivity index (χ0v) is 10.7. The second kappa shape index (κ2) is 5.33. The number of fused-ring (bicyclic) bond motifs is 1. The molecule has 2 aromatic rings. The van der Waals surface area contributed by atoms with Crippen LogP contribution >= 0.6 is 0 Å². The van der Waals surface area contributed by atoms with Gasteiger partial charge in [0.25, 0.3) is 0 Å². The number of hydrogen-bond acceptors (Lipinski definition) is 8. The third-order valence-corrected chi connectivity index (χ3v) is 3.35. The number of aliphatic hydroxyl groups is 3. The molecule has 3 rings (SSSR count). The molecule has 0 saturated carbocycles. The molecule has 10 heteroatoms. The van der Waals surface area contributed by atoms with Crippen LogP contribution in [0.15, 0.2) is 12.7 Å². The van der Waals surface area contributed by atoms with Gasteiger partial charge < -0.3 is 25.4 Å². The lowest BCUT2D eigenvalue weighted by Crippen LogP contribution is -2.33. The number of carbonyl (C=O) groups excluding carboxylic acids is 1. The molecule has 0 radical (unpaired) electrons. The van der Waals surface area contributed by atoms with Gasteiger partial charge in [0.15, 0.2) is 23.2 Å². The van der Waals surface area contributed by atoms with Gasteiger partial charge in [0.2, 0.25) is 6.41 Å². The molecule has 3 heterocycles. The fourth-order valence-corrected chi connectivity index (χ4v) is 2.31. The first-order chi connectivity index (χ1) is 10.2. The van der Waals surface area contributed by atoms with Gasteiger partial charge in [-0.1, -0.05) is 0 Å². The maximum atomic E-state index is 10.5. The van der Waals surface area contributed by atoms with E-state index in [9.17, 15) is 15.0 Å². The molecule has 0 bridgehead atoms. The molecule has 1 amide bonds. The van der Waals surface area contributed by atoms with E-state index in [2.05, 4.69) is 20.3 Å². The van der Waals surface area contributed by atoms with Gasteiger partial charge in [-0.15, -0.1) is 0 Å². The highest BCUT2D eigenvalue weighted by Crippen LogP contribution is 2.31. The molecule has 4 atom stereocenters. The Morgan fingerprint density at radius 3 is 2.81 bits per heavy atom. The molecule has 0 spiro atoms. The van der Waals surface area contributed by atoms with E-state index in [1.54, 1.807) is 0 Å². The summed E-state index contributed by atoms with van der Waals surface area (Å²) < 4.78 is 6.82. The van der Waals surface area contributed by atoms with E-state index in [-0.39, 0.29) is 5.82 Å². The van der Waals surface area contributed by atoms with Crippen LogP contribution < -0.4 is 5.32 Å². The van der Waals surface area contributed by atoms with Crippen molar-refractivity contribution in [3.05, 3.63) is 12.7 Å². The minimum Gasteiger partial charge on any atom is -0.394 e. The zero-order chi connectivity index (χ0) is 15.0. The van der Waals surface area contributed by atoms with Crippen molar-refractivity contribution in [2.45, 2.75) is 24.5 Å². The smallest absolute Gasteiger partial charge is 0.212 e. The van der Waals surface area contributed by atoms with Gasteiger partial charge in [-0.25, -0.2) is 15.0 Å². The maximum absolute atomic E-state index is 10.5. The highest BCUT2D eigenvalue weighted by atomic mass is 16.6. The van der Waals surface area contributed by atoms with Crippen LogP contribution in [0.3, 0.4) is 0 Å². The van der Waals surface area contributed by atoms with Gasteiger partial charge >= 0.3 is 0 Å². The Balaban J connectivity index is 2.02. The highest BCUT2D eigenvalue weighted by Gasteiger charge is 2.43. The molecule has 1 aliphatic rings. The van der Waals surface area contributed by atoms with Crippen LogP contribution in [-0.4, -0.2) is 66.2 Å². The lowest BCUT2D eigenvalue weighted by atomic mass is 10.1. The summed E-state index contributed by atoms with van der Waals surface area (Å²) in [4.78, 5) is 22.5. The largest absolute Gasteiger partial charge is 0.394 e. The van der Waals surface area contributed by atoms with Gasteiger partial charge in [0.05, 0.1) is 12.9 Å². The first-order valence-electron chi connectivity index (χ1n) is 6.17. The second-order valence-corrected chi connectivity index (χ2v) is 4.54. The fraction of sp³-hybridized carbons (Fsp3) is 0.455. The lowest BCUT2D eigenvalue weighted by molar-refractivity contribution is -0.105. The fourth-order valence-electron chi connectivity index (χ4n) is 2.31. The molecule has 0 aromatic carbocycles. The van der Waals surface area contributed by atoms with Crippen molar-refractivity contribution in [1.82, 2.24) is 19.5 Å². The van der Waals surface area contributed by atoms with E-state index < -0.39 is 31.1 Å². The van der Waals surface area contributed by atoms with Crippen molar-refractivity contribution < 1.29 is 24.9 Å². The predicted molar refractivity (Wildman–Crippen MR) is 68.0 cm³/mol. The van der Waals surface area contributed by atoms with Crippen LogP contribution in [0.5, 0.6) is 0 Å². The second-order valence-electron chi connectivity index (χ2n) is 4.54. The Morgan fingerprint density at radius 1 is 1.33 bits per heavy atom. The lowest BCUT2D eigenvalue weighted by Gasteiger charge is -2.16. The number of aromatic nitrogens is 4. The van der Waals surface area contributed by atoms with Gasteiger partial charge in [-0.05, 0) is 0 Å². The zero-order valence-electron chi connectivity index (χ0n) is 10.7. The third kappa shape index (κ3) is 2.14. The number of anilines is 1. The van der Waals surface area contributed by atoms with E-state index in [1.807, 2.05) is 0 Å². The summed E-state index contributed by atoms with van der Waals surface area (Å²) in [7, 11) is 0. The van der Waals surface area contributed by atoms with Crippen LogP contribution in [0.1, 0.15) is 6.23 Å². The SMILES string of the molecule is O=CNc1ncnc2c1ncn2C1O[C@H](CO)[C@@H](O)[C@H]1O. The van der Waals surface area contributed by atoms with Crippen LogP contribution in [-0.2, 0) is 9.53 Å². The number of hydrogen-bond donors (Lipinski definition) is 4. The van der Waals surface area contributed by atoms with Crippen molar-refractivity contribution >= 4 is 23.4 Å². The first kappa shape index (κ1) is 13.8. The molecular formula is C11H13N5O5. The molecule has 10 nitrogen and oxygen atoms in total. The Bertz CT molecular complexity index is 661. The molecular weight excluding hydrogens is 282 g/mol. The minimum atomic E-state index is -1.24.